The first kappa shape index (κ1) is 12.6. The number of hydrogen-bond donors (Lipinski definition) is 0. The van der Waals surface area contributed by atoms with Crippen LogP contribution in [0.2, 0.25) is 0 Å². The number of nitrogens with zero attached hydrogens (tertiary/aromatic N) is 4. The summed E-state index contributed by atoms with van der Waals surface area (Å²) in [4.78, 5) is 16.4. The van der Waals surface area contributed by atoms with Gasteiger partial charge in [0, 0.05) is 18.0 Å². The molecule has 0 bridgehead atoms. The molecule has 6 heteroatoms. The van der Waals surface area contributed by atoms with Crippen molar-refractivity contribution < 1.29 is 4.52 Å². The van der Waals surface area contributed by atoms with Gasteiger partial charge in [0.15, 0.2) is 5.82 Å². The number of aromatic nitrogens is 4. The third-order valence-corrected chi connectivity index (χ3v) is 3.45. The second-order valence-electron chi connectivity index (χ2n) is 4.92. The van der Waals surface area contributed by atoms with Crippen LogP contribution in [0.4, 0.5) is 0 Å². The van der Waals surface area contributed by atoms with Gasteiger partial charge in [0.25, 0.3) is 0 Å². The minimum Gasteiger partial charge on any atom is -0.307 e. The van der Waals surface area contributed by atoms with Crippen LogP contribution in [0.15, 0.2) is 70.2 Å². The summed E-state index contributed by atoms with van der Waals surface area (Å²) in [6.45, 7) is 0.314. The van der Waals surface area contributed by atoms with Gasteiger partial charge in [-0.1, -0.05) is 41.6 Å². The Morgan fingerprint density at radius 3 is 2.68 bits per heavy atom. The molecule has 0 unspecified atom stereocenters. The van der Waals surface area contributed by atoms with E-state index in [1.165, 1.54) is 4.57 Å². The number of fused-ring (bicyclic) bond motifs is 1. The van der Waals surface area contributed by atoms with Crippen molar-refractivity contribution in [2.75, 3.05) is 0 Å². The zero-order chi connectivity index (χ0) is 14.9. The summed E-state index contributed by atoms with van der Waals surface area (Å²) in [7, 11) is 0. The maximum atomic E-state index is 11.9. The lowest BCUT2D eigenvalue weighted by atomic mass is 10.2. The molecule has 0 radical (unpaired) electrons. The van der Waals surface area contributed by atoms with E-state index < -0.39 is 5.76 Å². The topological polar surface area (TPSA) is 65.3 Å². The molecule has 0 aliphatic heterocycles. The molecule has 4 aromatic rings. The van der Waals surface area contributed by atoms with Crippen LogP contribution in [0.25, 0.3) is 17.0 Å². The Bertz CT molecular complexity index is 949. The summed E-state index contributed by atoms with van der Waals surface area (Å²) in [5.74, 6) is 0.0126. The van der Waals surface area contributed by atoms with E-state index in [0.29, 0.717) is 12.4 Å². The minimum atomic E-state index is -0.490. The van der Waals surface area contributed by atoms with E-state index in [-0.39, 0.29) is 0 Å². The summed E-state index contributed by atoms with van der Waals surface area (Å²) in [5.41, 5.74) is 2.44. The summed E-state index contributed by atoms with van der Waals surface area (Å²) in [6, 6.07) is 15.2. The standard InChI is InChI=1S/C16H12N4O2/c21-16-20(15(18-22-16)12-6-2-1-3-7-12)11-13-10-19-9-5-4-8-14(19)17-13/h1-10H,11H2. The number of imidazole rings is 1. The first-order chi connectivity index (χ1) is 10.8. The van der Waals surface area contributed by atoms with E-state index in [1.807, 2.05) is 65.3 Å². The third-order valence-electron chi connectivity index (χ3n) is 3.45. The quantitative estimate of drug-likeness (QED) is 0.580. The van der Waals surface area contributed by atoms with E-state index in [9.17, 15) is 4.79 Å². The number of hydrogen-bond acceptors (Lipinski definition) is 4. The molecule has 6 nitrogen and oxygen atoms in total. The Labute approximate surface area is 125 Å². The van der Waals surface area contributed by atoms with E-state index in [0.717, 1.165) is 16.9 Å². The van der Waals surface area contributed by atoms with Gasteiger partial charge in [-0.15, -0.1) is 0 Å². The predicted molar refractivity (Wildman–Crippen MR) is 80.5 cm³/mol. The minimum absolute atomic E-state index is 0.314. The predicted octanol–water partition coefficient (Wildman–Crippen LogP) is 2.20. The van der Waals surface area contributed by atoms with Crippen molar-refractivity contribution in [1.82, 2.24) is 19.1 Å². The summed E-state index contributed by atoms with van der Waals surface area (Å²) < 4.78 is 8.22. The van der Waals surface area contributed by atoms with Gasteiger partial charge in [0.1, 0.15) is 5.65 Å². The zero-order valence-corrected chi connectivity index (χ0v) is 11.6. The van der Waals surface area contributed by atoms with Gasteiger partial charge in [0.05, 0.1) is 12.2 Å². The van der Waals surface area contributed by atoms with E-state index in [1.54, 1.807) is 0 Å². The second-order valence-corrected chi connectivity index (χ2v) is 4.92. The fraction of sp³-hybridized carbons (Fsp3) is 0.0625. The molecule has 4 rings (SSSR count). The molecule has 0 fully saturated rings. The summed E-state index contributed by atoms with van der Waals surface area (Å²) in [6.07, 6.45) is 3.81. The lowest BCUT2D eigenvalue weighted by molar-refractivity contribution is 0.378. The highest BCUT2D eigenvalue weighted by Crippen LogP contribution is 2.16. The van der Waals surface area contributed by atoms with Crippen LogP contribution < -0.4 is 5.76 Å². The SMILES string of the molecule is O=c1onc(-c2ccccc2)n1Cc1cn2ccccc2n1. The summed E-state index contributed by atoms with van der Waals surface area (Å²) >= 11 is 0. The van der Waals surface area contributed by atoms with Crippen molar-refractivity contribution in [3.8, 4) is 11.4 Å². The van der Waals surface area contributed by atoms with Crippen LogP contribution in [-0.2, 0) is 6.54 Å². The Balaban J connectivity index is 1.77. The number of benzene rings is 1. The normalized spacial score (nSPS) is 11.1. The fourth-order valence-corrected chi connectivity index (χ4v) is 2.43. The lowest BCUT2D eigenvalue weighted by Gasteiger charge is -2.01. The van der Waals surface area contributed by atoms with Crippen molar-refractivity contribution >= 4 is 5.65 Å². The van der Waals surface area contributed by atoms with Gasteiger partial charge in [-0.3, -0.25) is 9.09 Å². The highest BCUT2D eigenvalue weighted by molar-refractivity contribution is 5.54. The summed E-state index contributed by atoms with van der Waals surface area (Å²) in [5, 5.41) is 3.88. The maximum Gasteiger partial charge on any atom is 0.442 e. The molecule has 108 valence electrons. The average Bonchev–Trinajstić information content (AvgIpc) is 3.12. The first-order valence-corrected chi connectivity index (χ1v) is 6.86. The monoisotopic (exact) mass is 292 g/mol. The molecule has 0 aliphatic carbocycles. The Hall–Kier alpha value is -3.15. The molecule has 0 saturated heterocycles. The largest absolute Gasteiger partial charge is 0.442 e. The van der Waals surface area contributed by atoms with Crippen molar-refractivity contribution in [3.63, 3.8) is 0 Å². The van der Waals surface area contributed by atoms with Gasteiger partial charge in [0.2, 0.25) is 0 Å². The van der Waals surface area contributed by atoms with Crippen LogP contribution in [0, 0.1) is 0 Å². The highest BCUT2D eigenvalue weighted by atomic mass is 16.5. The van der Waals surface area contributed by atoms with E-state index in [2.05, 4.69) is 10.1 Å². The molecular formula is C16H12N4O2. The fourth-order valence-electron chi connectivity index (χ4n) is 2.43. The smallest absolute Gasteiger partial charge is 0.307 e. The van der Waals surface area contributed by atoms with E-state index >= 15 is 0 Å². The molecule has 1 aromatic carbocycles. The van der Waals surface area contributed by atoms with Gasteiger partial charge in [-0.2, -0.15) is 0 Å². The van der Waals surface area contributed by atoms with Crippen LogP contribution in [0.5, 0.6) is 0 Å². The second kappa shape index (κ2) is 5.00. The van der Waals surface area contributed by atoms with Gasteiger partial charge >= 0.3 is 5.76 Å². The third kappa shape index (κ3) is 2.10. The van der Waals surface area contributed by atoms with Gasteiger partial charge in [-0.25, -0.2) is 9.78 Å². The van der Waals surface area contributed by atoms with Crippen LogP contribution in [0.3, 0.4) is 0 Å². The molecule has 0 spiro atoms. The highest BCUT2D eigenvalue weighted by Gasteiger charge is 2.14. The van der Waals surface area contributed by atoms with Crippen molar-refractivity contribution in [1.29, 1.82) is 0 Å². The Morgan fingerprint density at radius 1 is 1.05 bits per heavy atom. The molecule has 0 amide bonds. The molecule has 22 heavy (non-hydrogen) atoms. The van der Waals surface area contributed by atoms with Crippen molar-refractivity contribution in [3.05, 3.63) is 77.2 Å². The molecule has 3 heterocycles. The zero-order valence-electron chi connectivity index (χ0n) is 11.6. The number of rotatable bonds is 3. The molecule has 0 saturated carbocycles. The Kier molecular flexibility index (Phi) is 2.86. The van der Waals surface area contributed by atoms with Crippen LogP contribution in [0.1, 0.15) is 5.69 Å². The molecule has 0 atom stereocenters. The molecule has 0 N–H and O–H groups in total. The number of pyridine rings is 1. The van der Waals surface area contributed by atoms with Crippen LogP contribution >= 0.6 is 0 Å². The van der Waals surface area contributed by atoms with Crippen molar-refractivity contribution in [2.24, 2.45) is 0 Å². The van der Waals surface area contributed by atoms with Gasteiger partial charge in [-0.05, 0) is 12.1 Å². The van der Waals surface area contributed by atoms with Crippen molar-refractivity contribution in [2.45, 2.75) is 6.54 Å². The lowest BCUT2D eigenvalue weighted by Crippen LogP contribution is -2.16. The average molecular weight is 292 g/mol. The van der Waals surface area contributed by atoms with Gasteiger partial charge < -0.3 is 4.40 Å². The van der Waals surface area contributed by atoms with Crippen LogP contribution in [-0.4, -0.2) is 19.1 Å². The molecular weight excluding hydrogens is 280 g/mol. The Morgan fingerprint density at radius 2 is 1.86 bits per heavy atom. The first-order valence-electron chi connectivity index (χ1n) is 6.86. The van der Waals surface area contributed by atoms with E-state index in [4.69, 9.17) is 4.52 Å². The molecule has 3 aromatic heterocycles. The maximum absolute atomic E-state index is 11.9. The molecule has 0 aliphatic rings.